The van der Waals surface area contributed by atoms with Crippen LogP contribution in [0.3, 0.4) is 0 Å². The number of carbonyl (C=O) groups is 1. The van der Waals surface area contributed by atoms with Crippen LogP contribution in [0.1, 0.15) is 23.3 Å². The highest BCUT2D eigenvalue weighted by Gasteiger charge is 2.44. The van der Waals surface area contributed by atoms with Crippen molar-refractivity contribution >= 4 is 23.3 Å². The van der Waals surface area contributed by atoms with E-state index in [1.807, 2.05) is 46.8 Å². The summed E-state index contributed by atoms with van der Waals surface area (Å²) in [5.41, 5.74) is 1.03. The lowest BCUT2D eigenvalue weighted by atomic mass is 10.1. The Morgan fingerprint density at radius 2 is 2.35 bits per heavy atom. The molecule has 2 bridgehead atoms. The number of aromatic nitrogens is 1. The Balaban J connectivity index is 1.45. The highest BCUT2D eigenvalue weighted by Crippen LogP contribution is 2.32. The number of nitrogens with zero attached hydrogens (tertiary/aromatic N) is 2. The number of pyridine rings is 1. The zero-order chi connectivity index (χ0) is 17.8. The maximum atomic E-state index is 12.8. The lowest BCUT2D eigenvalue weighted by molar-refractivity contribution is -0.130. The molecule has 1 aliphatic carbocycles. The number of hydrogen-bond acceptors (Lipinski definition) is 5. The summed E-state index contributed by atoms with van der Waals surface area (Å²) < 4.78 is 12.2. The van der Waals surface area contributed by atoms with Gasteiger partial charge in [0.1, 0.15) is 6.10 Å². The number of rotatable bonds is 5. The first kappa shape index (κ1) is 17.4. The Morgan fingerprint density at radius 1 is 1.38 bits per heavy atom. The third-order valence-electron chi connectivity index (χ3n) is 4.94. The van der Waals surface area contributed by atoms with Crippen LogP contribution in [0.4, 0.5) is 0 Å². The summed E-state index contributed by atoms with van der Waals surface area (Å²) >= 11 is 1.62. The van der Waals surface area contributed by atoms with Crippen LogP contribution in [-0.4, -0.2) is 47.2 Å². The van der Waals surface area contributed by atoms with E-state index in [0.717, 1.165) is 23.3 Å². The minimum atomic E-state index is -0.0863. The Bertz CT molecular complexity index is 748. The van der Waals surface area contributed by atoms with E-state index in [2.05, 4.69) is 4.98 Å². The molecule has 2 aliphatic rings. The molecule has 2 fully saturated rings. The standard InChI is InChI=1S/C20H22N2O3S/c23-19(8-5-16-4-2-12-26-16)22-10-11-24-18-7-6-17(22)20(18)25-14-15-3-1-9-21-13-15/h1-5,8-9,12-13,17-18,20H,6-7,10-11,14H2/b8-5+/t17-,18-,20-/m0/s1. The van der Waals surface area contributed by atoms with Gasteiger partial charge in [-0.05, 0) is 42.0 Å². The number of hydrogen-bond donors (Lipinski definition) is 0. The number of ether oxygens (including phenoxy) is 2. The molecule has 0 N–H and O–H groups in total. The van der Waals surface area contributed by atoms with Gasteiger partial charge in [0, 0.05) is 29.9 Å². The Hall–Kier alpha value is -2.02. The van der Waals surface area contributed by atoms with Crippen molar-refractivity contribution in [2.24, 2.45) is 0 Å². The molecule has 3 heterocycles. The Labute approximate surface area is 157 Å². The summed E-state index contributed by atoms with van der Waals surface area (Å²) in [5.74, 6) is 0.0320. The van der Waals surface area contributed by atoms with Gasteiger partial charge in [-0.25, -0.2) is 0 Å². The monoisotopic (exact) mass is 370 g/mol. The van der Waals surface area contributed by atoms with Gasteiger partial charge >= 0.3 is 0 Å². The first-order chi connectivity index (χ1) is 12.8. The van der Waals surface area contributed by atoms with Gasteiger partial charge in [0.05, 0.1) is 25.4 Å². The van der Waals surface area contributed by atoms with E-state index in [1.54, 1.807) is 23.6 Å². The van der Waals surface area contributed by atoms with Gasteiger partial charge in [-0.2, -0.15) is 0 Å². The van der Waals surface area contributed by atoms with Crippen LogP contribution in [0, 0.1) is 0 Å². The topological polar surface area (TPSA) is 51.7 Å². The summed E-state index contributed by atoms with van der Waals surface area (Å²) in [7, 11) is 0. The summed E-state index contributed by atoms with van der Waals surface area (Å²) in [5, 5.41) is 2.01. The molecule has 0 spiro atoms. The second kappa shape index (κ2) is 8.12. The lowest BCUT2D eigenvalue weighted by Crippen LogP contribution is -2.45. The van der Waals surface area contributed by atoms with Crippen LogP contribution in [0.15, 0.2) is 48.1 Å². The van der Waals surface area contributed by atoms with Crippen LogP contribution in [0.25, 0.3) is 6.08 Å². The summed E-state index contributed by atoms with van der Waals surface area (Å²) in [4.78, 5) is 19.9. The minimum Gasteiger partial charge on any atom is -0.374 e. The Morgan fingerprint density at radius 3 is 3.15 bits per heavy atom. The third kappa shape index (κ3) is 3.87. The highest BCUT2D eigenvalue weighted by atomic mass is 32.1. The van der Waals surface area contributed by atoms with Crippen LogP contribution in [0.5, 0.6) is 0 Å². The van der Waals surface area contributed by atoms with Gasteiger partial charge < -0.3 is 14.4 Å². The van der Waals surface area contributed by atoms with Crippen molar-refractivity contribution < 1.29 is 14.3 Å². The van der Waals surface area contributed by atoms with Crippen molar-refractivity contribution in [1.82, 2.24) is 9.88 Å². The van der Waals surface area contributed by atoms with Gasteiger partial charge in [0.2, 0.25) is 5.91 Å². The molecule has 1 aliphatic heterocycles. The third-order valence-corrected chi connectivity index (χ3v) is 5.78. The van der Waals surface area contributed by atoms with E-state index in [0.29, 0.717) is 19.8 Å². The normalized spacial score (nSPS) is 25.5. The number of thiophene rings is 1. The highest BCUT2D eigenvalue weighted by molar-refractivity contribution is 7.10. The molecular weight excluding hydrogens is 348 g/mol. The molecule has 3 atom stereocenters. The van der Waals surface area contributed by atoms with Crippen LogP contribution in [-0.2, 0) is 20.9 Å². The average molecular weight is 370 g/mol. The van der Waals surface area contributed by atoms with E-state index in [1.165, 1.54) is 0 Å². The van der Waals surface area contributed by atoms with Gasteiger partial charge in [-0.15, -0.1) is 11.3 Å². The zero-order valence-corrected chi connectivity index (χ0v) is 15.3. The summed E-state index contributed by atoms with van der Waals surface area (Å²) in [6, 6.07) is 7.96. The van der Waals surface area contributed by atoms with Crippen molar-refractivity contribution in [3.05, 3.63) is 58.6 Å². The maximum absolute atomic E-state index is 12.8. The molecule has 2 aromatic heterocycles. The molecule has 6 heteroatoms. The average Bonchev–Trinajstić information content (AvgIpc) is 3.27. The molecule has 0 unspecified atom stereocenters. The Kier molecular flexibility index (Phi) is 5.43. The molecule has 1 saturated heterocycles. The van der Waals surface area contributed by atoms with Crippen LogP contribution < -0.4 is 0 Å². The molecular formula is C20H22N2O3S. The smallest absolute Gasteiger partial charge is 0.247 e. The fourth-order valence-corrected chi connectivity index (χ4v) is 4.31. The van der Waals surface area contributed by atoms with Crippen molar-refractivity contribution in [1.29, 1.82) is 0 Å². The van der Waals surface area contributed by atoms with E-state index < -0.39 is 0 Å². The van der Waals surface area contributed by atoms with Crippen molar-refractivity contribution in [3.8, 4) is 0 Å². The second-order valence-corrected chi connectivity index (χ2v) is 7.55. The zero-order valence-electron chi connectivity index (χ0n) is 14.5. The minimum absolute atomic E-state index is 0.0320. The van der Waals surface area contributed by atoms with Gasteiger partial charge in [0.25, 0.3) is 0 Å². The number of amides is 1. The van der Waals surface area contributed by atoms with E-state index >= 15 is 0 Å². The molecule has 1 amide bonds. The van der Waals surface area contributed by atoms with Gasteiger partial charge in [0.15, 0.2) is 0 Å². The van der Waals surface area contributed by atoms with Crippen molar-refractivity contribution in [2.75, 3.05) is 13.2 Å². The predicted octanol–water partition coefficient (Wildman–Crippen LogP) is 3.13. The SMILES string of the molecule is O=C(/C=C/c1cccs1)N1CCO[C@H]2CC[C@H]1[C@@H]2OCc1cccnc1. The van der Waals surface area contributed by atoms with E-state index in [9.17, 15) is 4.79 Å². The molecule has 26 heavy (non-hydrogen) atoms. The molecule has 2 aromatic rings. The molecule has 0 radical (unpaired) electrons. The predicted molar refractivity (Wildman–Crippen MR) is 101 cm³/mol. The van der Waals surface area contributed by atoms with E-state index in [-0.39, 0.29) is 24.2 Å². The van der Waals surface area contributed by atoms with Gasteiger partial charge in [-0.1, -0.05) is 12.1 Å². The first-order valence-electron chi connectivity index (χ1n) is 8.95. The molecule has 136 valence electrons. The fourth-order valence-electron chi connectivity index (χ4n) is 3.69. The molecule has 0 aromatic carbocycles. The lowest BCUT2D eigenvalue weighted by Gasteiger charge is -2.30. The molecule has 1 saturated carbocycles. The second-order valence-electron chi connectivity index (χ2n) is 6.57. The maximum Gasteiger partial charge on any atom is 0.247 e. The summed E-state index contributed by atoms with van der Waals surface area (Å²) in [6.07, 6.45) is 8.95. The first-order valence-corrected chi connectivity index (χ1v) is 9.83. The number of carbonyl (C=O) groups excluding carboxylic acids is 1. The molecule has 5 nitrogen and oxygen atoms in total. The van der Waals surface area contributed by atoms with Crippen molar-refractivity contribution in [3.63, 3.8) is 0 Å². The summed E-state index contributed by atoms with van der Waals surface area (Å²) in [6.45, 7) is 1.66. The van der Waals surface area contributed by atoms with Crippen LogP contribution in [0.2, 0.25) is 0 Å². The van der Waals surface area contributed by atoms with Crippen molar-refractivity contribution in [2.45, 2.75) is 37.7 Å². The number of fused-ring (bicyclic) bond motifs is 2. The quantitative estimate of drug-likeness (QED) is 0.759. The fraction of sp³-hybridized carbons (Fsp3) is 0.400. The van der Waals surface area contributed by atoms with E-state index in [4.69, 9.17) is 9.47 Å². The van der Waals surface area contributed by atoms with Crippen LogP contribution >= 0.6 is 11.3 Å². The molecule has 4 rings (SSSR count). The largest absolute Gasteiger partial charge is 0.374 e. The van der Waals surface area contributed by atoms with Gasteiger partial charge in [-0.3, -0.25) is 9.78 Å².